The van der Waals surface area contributed by atoms with Gasteiger partial charge < -0.3 is 4.84 Å². The highest BCUT2D eigenvalue weighted by Gasteiger charge is 2.22. The number of carbonyl (C=O) groups is 1. The van der Waals surface area contributed by atoms with Crippen LogP contribution in [0.3, 0.4) is 0 Å². The average Bonchev–Trinajstić information content (AvgIpc) is 2.05. The van der Waals surface area contributed by atoms with Crippen molar-refractivity contribution in [3.05, 3.63) is 0 Å². The van der Waals surface area contributed by atoms with E-state index in [1.807, 2.05) is 0 Å². The Morgan fingerprint density at radius 3 is 2.90 bits per heavy atom. The predicted molar refractivity (Wildman–Crippen MR) is 34.9 cm³/mol. The SMILES string of the molecule is NOC(=O)C1CCCC[N]1. The van der Waals surface area contributed by atoms with Crippen molar-refractivity contribution in [3.8, 4) is 0 Å². The lowest BCUT2D eigenvalue weighted by atomic mass is 10.1. The molecule has 1 unspecified atom stereocenters. The van der Waals surface area contributed by atoms with Crippen molar-refractivity contribution in [2.75, 3.05) is 6.54 Å². The van der Waals surface area contributed by atoms with E-state index in [9.17, 15) is 4.79 Å². The molecule has 0 aliphatic carbocycles. The Kier molecular flexibility index (Phi) is 2.65. The summed E-state index contributed by atoms with van der Waals surface area (Å²) in [5, 5.41) is 4.05. The molecule has 4 nitrogen and oxygen atoms in total. The number of piperidine rings is 1. The molecular formula is C6H11N2O2. The van der Waals surface area contributed by atoms with Crippen molar-refractivity contribution in [3.63, 3.8) is 0 Å². The molecule has 1 rings (SSSR count). The number of hydrogen-bond donors (Lipinski definition) is 1. The first-order chi connectivity index (χ1) is 4.84. The van der Waals surface area contributed by atoms with Crippen LogP contribution >= 0.6 is 0 Å². The molecule has 0 bridgehead atoms. The van der Waals surface area contributed by atoms with E-state index in [4.69, 9.17) is 5.90 Å². The van der Waals surface area contributed by atoms with Gasteiger partial charge >= 0.3 is 5.97 Å². The van der Waals surface area contributed by atoms with Gasteiger partial charge in [0, 0.05) is 6.54 Å². The molecule has 1 radical (unpaired) electrons. The van der Waals surface area contributed by atoms with E-state index >= 15 is 0 Å². The second-order valence-electron chi connectivity index (χ2n) is 2.35. The molecule has 0 aromatic carbocycles. The minimum atomic E-state index is -0.403. The molecule has 0 aromatic rings. The van der Waals surface area contributed by atoms with Crippen molar-refractivity contribution >= 4 is 5.97 Å². The van der Waals surface area contributed by atoms with Crippen LogP contribution in [0, 0.1) is 0 Å². The standard InChI is InChI=1S/C6H11N2O2/c7-10-6(9)5-3-1-2-4-8-5/h5H,1-4,7H2. The monoisotopic (exact) mass is 143 g/mol. The summed E-state index contributed by atoms with van der Waals surface area (Å²) in [7, 11) is 0. The second kappa shape index (κ2) is 3.53. The maximum atomic E-state index is 10.7. The molecular weight excluding hydrogens is 132 g/mol. The topological polar surface area (TPSA) is 66.4 Å². The minimum absolute atomic E-state index is 0.293. The van der Waals surface area contributed by atoms with E-state index in [2.05, 4.69) is 10.2 Å². The highest BCUT2D eigenvalue weighted by molar-refractivity contribution is 5.75. The van der Waals surface area contributed by atoms with E-state index in [0.717, 1.165) is 25.8 Å². The van der Waals surface area contributed by atoms with Crippen LogP contribution in [0.1, 0.15) is 19.3 Å². The average molecular weight is 143 g/mol. The van der Waals surface area contributed by atoms with Gasteiger partial charge in [0.1, 0.15) is 6.04 Å². The highest BCUT2D eigenvalue weighted by Crippen LogP contribution is 2.08. The van der Waals surface area contributed by atoms with Crippen LogP contribution in [0.25, 0.3) is 0 Å². The first-order valence-electron chi connectivity index (χ1n) is 3.42. The second-order valence-corrected chi connectivity index (χ2v) is 2.35. The normalized spacial score (nSPS) is 25.9. The minimum Gasteiger partial charge on any atom is -0.372 e. The molecule has 10 heavy (non-hydrogen) atoms. The smallest absolute Gasteiger partial charge is 0.343 e. The van der Waals surface area contributed by atoms with Crippen LogP contribution in [-0.2, 0) is 9.63 Å². The maximum absolute atomic E-state index is 10.7. The van der Waals surface area contributed by atoms with Crippen LogP contribution in [0.5, 0.6) is 0 Å². The van der Waals surface area contributed by atoms with Gasteiger partial charge in [-0.3, -0.25) is 0 Å². The molecule has 1 heterocycles. The Morgan fingerprint density at radius 1 is 1.60 bits per heavy atom. The Morgan fingerprint density at radius 2 is 2.40 bits per heavy atom. The zero-order valence-electron chi connectivity index (χ0n) is 5.75. The molecule has 4 heteroatoms. The number of carbonyl (C=O) groups excluding carboxylic acids is 1. The molecule has 57 valence electrons. The summed E-state index contributed by atoms with van der Waals surface area (Å²) in [5.41, 5.74) is 0. The molecule has 0 amide bonds. The number of rotatable bonds is 1. The van der Waals surface area contributed by atoms with Gasteiger partial charge in [-0.15, -0.1) is 0 Å². The van der Waals surface area contributed by atoms with Gasteiger partial charge in [0.15, 0.2) is 0 Å². The van der Waals surface area contributed by atoms with Gasteiger partial charge in [0.05, 0.1) is 0 Å². The lowest BCUT2D eigenvalue weighted by Gasteiger charge is -2.17. The quantitative estimate of drug-likeness (QED) is 0.506. The van der Waals surface area contributed by atoms with E-state index in [1.165, 1.54) is 0 Å². The van der Waals surface area contributed by atoms with Crippen LogP contribution in [-0.4, -0.2) is 18.6 Å². The molecule has 1 fully saturated rings. The molecule has 1 saturated heterocycles. The largest absolute Gasteiger partial charge is 0.372 e. The van der Waals surface area contributed by atoms with Crippen molar-refractivity contribution in [1.29, 1.82) is 0 Å². The maximum Gasteiger partial charge on any atom is 0.343 e. The first kappa shape index (κ1) is 7.50. The van der Waals surface area contributed by atoms with E-state index in [0.29, 0.717) is 0 Å². The number of nitrogens with zero attached hydrogens (tertiary/aromatic N) is 1. The van der Waals surface area contributed by atoms with Gasteiger partial charge in [-0.2, -0.15) is 5.90 Å². The van der Waals surface area contributed by atoms with Gasteiger partial charge in [0.25, 0.3) is 0 Å². The lowest BCUT2D eigenvalue weighted by molar-refractivity contribution is -0.147. The molecule has 1 atom stereocenters. The Bertz CT molecular complexity index is 121. The summed E-state index contributed by atoms with van der Waals surface area (Å²) in [4.78, 5) is 14.8. The van der Waals surface area contributed by atoms with E-state index < -0.39 is 5.97 Å². The van der Waals surface area contributed by atoms with Crippen LogP contribution in [0.2, 0.25) is 0 Å². The van der Waals surface area contributed by atoms with E-state index in [-0.39, 0.29) is 6.04 Å². The van der Waals surface area contributed by atoms with Gasteiger partial charge in [-0.05, 0) is 19.3 Å². The molecule has 1 aliphatic heterocycles. The summed E-state index contributed by atoms with van der Waals surface area (Å²) < 4.78 is 0. The fourth-order valence-electron chi connectivity index (χ4n) is 1.06. The van der Waals surface area contributed by atoms with Gasteiger partial charge in [-0.25, -0.2) is 10.1 Å². The first-order valence-corrected chi connectivity index (χ1v) is 3.42. The lowest BCUT2D eigenvalue weighted by Crippen LogP contribution is -2.37. The molecule has 0 saturated carbocycles. The zero-order valence-corrected chi connectivity index (χ0v) is 5.75. The fourth-order valence-corrected chi connectivity index (χ4v) is 1.06. The Hall–Kier alpha value is -0.610. The third-order valence-corrected chi connectivity index (χ3v) is 1.62. The number of hydrogen-bond acceptors (Lipinski definition) is 3. The highest BCUT2D eigenvalue weighted by atomic mass is 16.7. The summed E-state index contributed by atoms with van der Waals surface area (Å²) in [5.74, 6) is 4.29. The third-order valence-electron chi connectivity index (χ3n) is 1.62. The van der Waals surface area contributed by atoms with Crippen molar-refractivity contribution in [2.45, 2.75) is 25.3 Å². The van der Waals surface area contributed by atoms with Crippen LogP contribution < -0.4 is 11.2 Å². The summed E-state index contributed by atoms with van der Waals surface area (Å²) in [6, 6.07) is -0.293. The van der Waals surface area contributed by atoms with E-state index in [1.54, 1.807) is 0 Å². The van der Waals surface area contributed by atoms with Gasteiger partial charge in [-0.1, -0.05) is 0 Å². The van der Waals surface area contributed by atoms with Crippen LogP contribution in [0.4, 0.5) is 0 Å². The number of nitrogens with two attached hydrogens (primary N) is 1. The van der Waals surface area contributed by atoms with Crippen molar-refractivity contribution in [2.24, 2.45) is 5.90 Å². The molecule has 2 N–H and O–H groups in total. The predicted octanol–water partition coefficient (Wildman–Crippen LogP) is -0.440. The fraction of sp³-hybridized carbons (Fsp3) is 0.833. The summed E-state index contributed by atoms with van der Waals surface area (Å²) in [6.07, 6.45) is 2.91. The molecule has 0 aromatic heterocycles. The summed E-state index contributed by atoms with van der Waals surface area (Å²) in [6.45, 7) is 0.764. The third kappa shape index (κ3) is 1.68. The van der Waals surface area contributed by atoms with Crippen molar-refractivity contribution < 1.29 is 9.63 Å². The molecule has 1 aliphatic rings. The Labute approximate surface area is 59.7 Å². The summed E-state index contributed by atoms with van der Waals surface area (Å²) >= 11 is 0. The Balaban J connectivity index is 2.31. The molecule has 0 spiro atoms. The zero-order chi connectivity index (χ0) is 7.40. The van der Waals surface area contributed by atoms with Crippen molar-refractivity contribution in [1.82, 2.24) is 5.32 Å². The van der Waals surface area contributed by atoms with Crippen LogP contribution in [0.15, 0.2) is 0 Å². The van der Waals surface area contributed by atoms with Gasteiger partial charge in [0.2, 0.25) is 0 Å².